The fourth-order valence-corrected chi connectivity index (χ4v) is 8.36. The largest absolute Gasteiger partial charge is 0.479 e. The lowest BCUT2D eigenvalue weighted by molar-refractivity contribution is -0.309. The monoisotopic (exact) mass is 558 g/mol. The van der Waals surface area contributed by atoms with Gasteiger partial charge in [0.05, 0.1) is 18.3 Å². The predicted octanol–water partition coefficient (Wildman–Crippen LogP) is 1.87. The number of rotatable bonds is 3. The van der Waals surface area contributed by atoms with Gasteiger partial charge in [-0.3, -0.25) is 4.79 Å². The van der Waals surface area contributed by atoms with Gasteiger partial charge >= 0.3 is 5.97 Å². The summed E-state index contributed by atoms with van der Waals surface area (Å²) in [6, 6.07) is 0. The molecule has 6 N–H and O–H groups in total. The highest BCUT2D eigenvalue weighted by atomic mass is 16.7. The third-order valence-electron chi connectivity index (χ3n) is 10.5. The molecule has 0 amide bonds. The highest BCUT2D eigenvalue weighted by Gasteiger charge is 2.64. The summed E-state index contributed by atoms with van der Waals surface area (Å²) in [5.41, 5.74) is -0.552. The summed E-state index contributed by atoms with van der Waals surface area (Å²) in [4.78, 5) is 24.9. The van der Waals surface area contributed by atoms with Crippen LogP contribution < -0.4 is 0 Å². The molecule has 0 bridgehead atoms. The van der Waals surface area contributed by atoms with Gasteiger partial charge in [0, 0.05) is 12.3 Å². The highest BCUT2D eigenvalue weighted by Crippen LogP contribution is 2.65. The van der Waals surface area contributed by atoms with E-state index in [-0.39, 0.29) is 34.9 Å². The third-order valence-corrected chi connectivity index (χ3v) is 10.5. The first kappa shape index (κ1) is 32.4. The Labute approximate surface area is 231 Å². The van der Waals surface area contributed by atoms with Crippen molar-refractivity contribution in [2.24, 2.45) is 34.5 Å². The van der Waals surface area contributed by atoms with Crippen molar-refractivity contribution < 1.29 is 49.7 Å². The van der Waals surface area contributed by atoms with Crippen molar-refractivity contribution in [2.45, 2.75) is 136 Å². The number of hydrogen-bond donors (Lipinski definition) is 6. The van der Waals surface area contributed by atoms with Gasteiger partial charge in [0.1, 0.15) is 24.1 Å². The summed E-state index contributed by atoms with van der Waals surface area (Å²) in [6.45, 7) is 12.2. The molecule has 5 fully saturated rings. The van der Waals surface area contributed by atoms with Crippen LogP contribution in [0, 0.1) is 34.5 Å². The van der Waals surface area contributed by atoms with E-state index in [9.17, 15) is 40.2 Å². The molecule has 10 nitrogen and oxygen atoms in total. The maximum Gasteiger partial charge on any atom is 0.335 e. The first-order valence-electron chi connectivity index (χ1n) is 14.8. The Hall–Kier alpha value is -1.14. The Morgan fingerprint density at radius 2 is 1.49 bits per heavy atom. The minimum atomic E-state index is -1.77. The number of Topliss-reactive ketones (excluding diaryl/α,β-unsaturated/α-hetero) is 1. The number of fused-ring (bicyclic) bond motifs is 5. The van der Waals surface area contributed by atoms with Gasteiger partial charge in [-0.1, -0.05) is 41.5 Å². The summed E-state index contributed by atoms with van der Waals surface area (Å²) in [6.07, 6.45) is -5.81. The zero-order chi connectivity index (χ0) is 29.4. The van der Waals surface area contributed by atoms with Crippen molar-refractivity contribution >= 4 is 11.8 Å². The van der Waals surface area contributed by atoms with E-state index in [1.165, 1.54) is 0 Å². The smallest absolute Gasteiger partial charge is 0.335 e. The first-order chi connectivity index (χ1) is 18.4. The Bertz CT molecular complexity index is 867. The van der Waals surface area contributed by atoms with E-state index >= 15 is 0 Å². The summed E-state index contributed by atoms with van der Waals surface area (Å²) in [5.74, 6) is -1.28. The molecule has 5 rings (SSSR count). The zero-order valence-corrected chi connectivity index (χ0v) is 24.2. The Morgan fingerprint density at radius 3 is 2.10 bits per heavy atom. The zero-order valence-electron chi connectivity index (χ0n) is 24.2. The number of aliphatic hydroxyl groups excluding tert-OH is 5. The lowest BCUT2D eigenvalue weighted by Gasteiger charge is -2.60. The van der Waals surface area contributed by atoms with E-state index in [0.717, 1.165) is 19.3 Å². The molecule has 39 heavy (non-hydrogen) atoms. The van der Waals surface area contributed by atoms with E-state index < -0.39 is 60.4 Å². The second-order valence-corrected chi connectivity index (χ2v) is 12.2. The van der Waals surface area contributed by atoms with E-state index in [2.05, 4.69) is 6.92 Å². The molecule has 1 aliphatic heterocycles. The molecule has 226 valence electrons. The molecule has 10 heteroatoms. The number of ether oxygens (including phenoxy) is 2. The van der Waals surface area contributed by atoms with Crippen molar-refractivity contribution in [1.82, 2.24) is 0 Å². The summed E-state index contributed by atoms with van der Waals surface area (Å²) >= 11 is 0. The van der Waals surface area contributed by atoms with E-state index in [0.29, 0.717) is 25.7 Å². The predicted molar refractivity (Wildman–Crippen MR) is 141 cm³/mol. The van der Waals surface area contributed by atoms with Crippen LogP contribution in [0.4, 0.5) is 0 Å². The number of carboxylic acid groups (broad SMARTS) is 1. The van der Waals surface area contributed by atoms with Crippen LogP contribution in [0.2, 0.25) is 0 Å². The number of aliphatic carboxylic acids is 1. The molecule has 1 heterocycles. The van der Waals surface area contributed by atoms with Crippen molar-refractivity contribution in [3.05, 3.63) is 0 Å². The van der Waals surface area contributed by atoms with Gasteiger partial charge in [-0.05, 0) is 67.1 Å². The quantitative estimate of drug-likeness (QED) is 0.281. The standard InChI is InChI=1S/C25H38O10.2C2H6/c1-24-5-3-11(34-23-19(30)17(28)18(29)20(35-23)22(32)33)7-10(24)8-14(26)16-12(24)4-6-25(2)13(16)9-15(27)21(25)31;2*1-2/h10-13,15-21,23,27-31H,3-9H2,1-2H3,(H,32,33);2*1-2H3/t10-,11+,12+,13+,15-,16-,17?,18?,19?,20?,21+,23?,24+,25+;;/m1../s1. The Balaban J connectivity index is 0.00000100. The summed E-state index contributed by atoms with van der Waals surface area (Å²) < 4.78 is 11.2. The molecule has 0 spiro atoms. The average molecular weight is 559 g/mol. The van der Waals surface area contributed by atoms with Gasteiger partial charge in [0.25, 0.3) is 0 Å². The van der Waals surface area contributed by atoms with E-state index in [4.69, 9.17) is 9.47 Å². The average Bonchev–Trinajstić information content (AvgIpc) is 3.15. The Kier molecular flexibility index (Phi) is 10.3. The van der Waals surface area contributed by atoms with Crippen LogP contribution in [0.15, 0.2) is 0 Å². The van der Waals surface area contributed by atoms with Gasteiger partial charge in [-0.15, -0.1) is 0 Å². The lowest BCUT2D eigenvalue weighted by atomic mass is 9.45. The van der Waals surface area contributed by atoms with Crippen molar-refractivity contribution in [1.29, 1.82) is 0 Å². The highest BCUT2D eigenvalue weighted by molar-refractivity contribution is 5.83. The van der Waals surface area contributed by atoms with Crippen LogP contribution in [-0.2, 0) is 19.1 Å². The van der Waals surface area contributed by atoms with Crippen LogP contribution in [-0.4, -0.2) is 91.4 Å². The maximum atomic E-state index is 13.5. The van der Waals surface area contributed by atoms with Crippen molar-refractivity contribution in [3.63, 3.8) is 0 Å². The fourth-order valence-electron chi connectivity index (χ4n) is 8.36. The third kappa shape index (κ3) is 5.43. The Morgan fingerprint density at radius 1 is 0.872 bits per heavy atom. The SMILES string of the molecule is CC.CC.C[C@]12CC[C@H](OC3OC(C(=O)O)C(O)C(O)C3O)C[C@@H]1CC(=O)[C@@H]1[C@@H]2CC[C@]2(C)[C@@H](O)[C@H](O)C[C@@H]12. The number of aliphatic hydroxyl groups is 5. The second-order valence-electron chi connectivity index (χ2n) is 12.2. The van der Waals surface area contributed by atoms with Crippen LogP contribution in [0.1, 0.15) is 86.5 Å². The topological polar surface area (TPSA) is 174 Å². The molecular weight excluding hydrogens is 508 g/mol. The van der Waals surface area contributed by atoms with Gasteiger partial charge in [0.2, 0.25) is 0 Å². The minimum Gasteiger partial charge on any atom is -0.479 e. The summed E-state index contributed by atoms with van der Waals surface area (Å²) in [5, 5.41) is 60.6. The maximum absolute atomic E-state index is 13.5. The lowest BCUT2D eigenvalue weighted by Crippen LogP contribution is -2.61. The van der Waals surface area contributed by atoms with Crippen LogP contribution in [0.5, 0.6) is 0 Å². The molecule has 5 aliphatic rings. The summed E-state index contributed by atoms with van der Waals surface area (Å²) in [7, 11) is 0. The number of carbonyl (C=O) groups excluding carboxylic acids is 1. The van der Waals surface area contributed by atoms with Gasteiger partial charge in [0.15, 0.2) is 12.4 Å². The van der Waals surface area contributed by atoms with Gasteiger partial charge in [-0.25, -0.2) is 4.79 Å². The molecule has 14 atom stereocenters. The van der Waals surface area contributed by atoms with Gasteiger partial charge in [-0.2, -0.15) is 0 Å². The van der Waals surface area contributed by atoms with Crippen LogP contribution >= 0.6 is 0 Å². The van der Waals surface area contributed by atoms with E-state index in [1.54, 1.807) is 0 Å². The normalized spacial score (nSPS) is 50.7. The second kappa shape index (κ2) is 12.4. The molecule has 1 saturated heterocycles. The number of carboxylic acids is 1. The van der Waals surface area contributed by atoms with Crippen LogP contribution in [0.25, 0.3) is 0 Å². The molecule has 0 aromatic heterocycles. The van der Waals surface area contributed by atoms with Gasteiger partial charge < -0.3 is 40.1 Å². The van der Waals surface area contributed by atoms with E-state index in [1.807, 2.05) is 34.6 Å². The van der Waals surface area contributed by atoms with Crippen molar-refractivity contribution in [2.75, 3.05) is 0 Å². The number of hydrogen-bond acceptors (Lipinski definition) is 9. The number of ketones is 1. The number of carbonyl (C=O) groups is 2. The minimum absolute atomic E-state index is 0.0304. The van der Waals surface area contributed by atoms with Crippen molar-refractivity contribution in [3.8, 4) is 0 Å². The van der Waals surface area contributed by atoms with Crippen LogP contribution in [0.3, 0.4) is 0 Å². The molecule has 4 aliphatic carbocycles. The molecule has 0 aromatic rings. The molecule has 5 unspecified atom stereocenters. The molecule has 4 saturated carbocycles. The molecular formula is C29H50O10. The fraction of sp³-hybridized carbons (Fsp3) is 0.931. The molecule has 0 aromatic carbocycles. The first-order valence-corrected chi connectivity index (χ1v) is 14.8. The molecule has 0 radical (unpaired) electrons.